The quantitative estimate of drug-likeness (QED) is 0.177. The van der Waals surface area contributed by atoms with Crippen molar-refractivity contribution in [3.05, 3.63) is 203 Å². The van der Waals surface area contributed by atoms with Crippen molar-refractivity contribution in [1.82, 2.24) is 19.1 Å². The second-order valence-electron chi connectivity index (χ2n) is 19.3. The Bertz CT molecular complexity index is 3880. The average Bonchev–Trinajstić information content (AvgIpc) is 3.88. The summed E-state index contributed by atoms with van der Waals surface area (Å²) in [5, 5.41) is 8.83. The van der Waals surface area contributed by atoms with E-state index in [0.29, 0.717) is 11.8 Å². The molecule has 4 heteroatoms. The Kier molecular flexibility index (Phi) is 8.00. The number of rotatable bonds is 4. The van der Waals surface area contributed by atoms with Gasteiger partial charge in [-0.1, -0.05) is 119 Å². The van der Waals surface area contributed by atoms with Crippen LogP contribution in [-0.2, 0) is 6.42 Å². The van der Waals surface area contributed by atoms with Gasteiger partial charge in [0.15, 0.2) is 0 Å². The molecule has 316 valence electrons. The maximum absolute atomic E-state index is 5.05. The van der Waals surface area contributed by atoms with E-state index in [9.17, 15) is 0 Å². The minimum atomic E-state index is 0.238. The molecule has 4 nitrogen and oxygen atoms in total. The largest absolute Gasteiger partial charge is 0.313 e. The number of para-hydroxylation sites is 2. The highest BCUT2D eigenvalue weighted by Crippen LogP contribution is 2.61. The van der Waals surface area contributed by atoms with Crippen LogP contribution in [0.25, 0.3) is 99.7 Å². The summed E-state index contributed by atoms with van der Waals surface area (Å²) in [5.74, 6) is 1.12. The maximum Gasteiger partial charge on any atom is 0.0780 e. The molecule has 0 N–H and O–H groups in total. The van der Waals surface area contributed by atoms with Gasteiger partial charge in [0.1, 0.15) is 0 Å². The molecule has 0 spiro atoms. The Morgan fingerprint density at radius 1 is 0.455 bits per heavy atom. The molecule has 4 aromatic heterocycles. The van der Waals surface area contributed by atoms with E-state index in [2.05, 4.69) is 195 Å². The zero-order valence-electron chi connectivity index (χ0n) is 37.7. The van der Waals surface area contributed by atoms with Crippen molar-refractivity contribution in [1.29, 1.82) is 0 Å². The molecule has 0 saturated heterocycles. The summed E-state index contributed by atoms with van der Waals surface area (Å²) in [4.78, 5) is 10.1. The maximum atomic E-state index is 5.05. The van der Waals surface area contributed by atoms with Gasteiger partial charge in [-0.3, -0.25) is 9.97 Å². The van der Waals surface area contributed by atoms with Crippen molar-refractivity contribution in [3.8, 4) is 33.8 Å². The van der Waals surface area contributed by atoms with E-state index in [4.69, 9.17) is 9.97 Å². The molecular formula is C62H48N4. The number of pyridine rings is 2. The Balaban J connectivity index is 1.09. The standard InChI is InChI=1S/C62H48N4/c1-35-36(2)48-34-52-50-32-42(60-46-22-14-12-16-40(46)28-30-64-60)24-26-54(50)66(44-19-9-6-10-20-44)62(52)56-38(4)37(3)55-57(58(48)56)47(35)33-51-49-31-41(59-45-21-13-11-15-39(45)27-29-63-59)23-25-53(49)65(61(51)55)43-17-7-5-8-18-43/h5-23,25,27-38H,24,26H2,1-4H3. The zero-order valence-corrected chi connectivity index (χ0v) is 37.7. The fourth-order valence-corrected chi connectivity index (χ4v) is 12.7. The molecule has 0 aliphatic heterocycles. The molecule has 11 aromatic rings. The molecular weight excluding hydrogens is 801 g/mol. The van der Waals surface area contributed by atoms with Crippen LogP contribution in [-0.4, -0.2) is 19.1 Å². The number of benzene rings is 7. The van der Waals surface area contributed by atoms with Crippen LogP contribution in [0.15, 0.2) is 164 Å². The predicted octanol–water partition coefficient (Wildman–Crippen LogP) is 16.1. The number of nitrogens with zero attached hydrogens (tertiary/aromatic N) is 4. The summed E-state index contributed by atoms with van der Waals surface area (Å²) in [5.41, 5.74) is 22.6. The Morgan fingerprint density at radius 2 is 1.00 bits per heavy atom. The van der Waals surface area contributed by atoms with Crippen LogP contribution in [0.3, 0.4) is 0 Å². The highest BCUT2D eigenvalue weighted by atomic mass is 15.0. The molecule has 0 radical (unpaired) electrons. The molecule has 66 heavy (non-hydrogen) atoms. The van der Waals surface area contributed by atoms with Crippen molar-refractivity contribution in [2.75, 3.05) is 0 Å². The Morgan fingerprint density at radius 3 is 1.65 bits per heavy atom. The third-order valence-corrected chi connectivity index (χ3v) is 16.1. The summed E-state index contributed by atoms with van der Waals surface area (Å²) in [7, 11) is 0. The van der Waals surface area contributed by atoms with Gasteiger partial charge in [-0.2, -0.15) is 0 Å². The van der Waals surface area contributed by atoms with E-state index >= 15 is 0 Å². The first-order chi connectivity index (χ1) is 32.4. The van der Waals surface area contributed by atoms with Crippen LogP contribution >= 0.6 is 0 Å². The van der Waals surface area contributed by atoms with Crippen LogP contribution in [0.1, 0.15) is 97.0 Å². The molecule has 7 aromatic carbocycles. The molecule has 0 amide bonds. The van der Waals surface area contributed by atoms with Crippen LogP contribution in [0.4, 0.5) is 0 Å². The molecule has 14 rings (SSSR count). The van der Waals surface area contributed by atoms with Crippen molar-refractivity contribution in [3.63, 3.8) is 0 Å². The van der Waals surface area contributed by atoms with Crippen molar-refractivity contribution < 1.29 is 0 Å². The molecule has 0 fully saturated rings. The lowest BCUT2D eigenvalue weighted by Gasteiger charge is -2.42. The monoisotopic (exact) mass is 848 g/mol. The van der Waals surface area contributed by atoms with Gasteiger partial charge in [0.25, 0.3) is 0 Å². The first-order valence-corrected chi connectivity index (χ1v) is 23.8. The predicted molar refractivity (Wildman–Crippen MR) is 275 cm³/mol. The lowest BCUT2D eigenvalue weighted by Crippen LogP contribution is -2.24. The van der Waals surface area contributed by atoms with Gasteiger partial charge in [-0.25, -0.2) is 0 Å². The van der Waals surface area contributed by atoms with Gasteiger partial charge < -0.3 is 9.13 Å². The van der Waals surface area contributed by atoms with Crippen molar-refractivity contribution in [2.45, 2.75) is 64.2 Å². The first-order valence-electron chi connectivity index (χ1n) is 23.8. The number of hydrogen-bond acceptors (Lipinski definition) is 2. The average molecular weight is 849 g/mol. The number of allylic oxidation sites excluding steroid dienone is 1. The van der Waals surface area contributed by atoms with E-state index in [-0.39, 0.29) is 11.8 Å². The molecule has 3 aliphatic carbocycles. The minimum absolute atomic E-state index is 0.238. The summed E-state index contributed by atoms with van der Waals surface area (Å²) in [6, 6.07) is 56.1. The van der Waals surface area contributed by atoms with Crippen molar-refractivity contribution >= 4 is 65.9 Å². The first kappa shape index (κ1) is 37.8. The second kappa shape index (κ2) is 14.0. The topological polar surface area (TPSA) is 35.6 Å². The van der Waals surface area contributed by atoms with Crippen LogP contribution < -0.4 is 0 Å². The van der Waals surface area contributed by atoms with Gasteiger partial charge in [0, 0.05) is 67.5 Å². The number of fused-ring (bicyclic) bond motifs is 10. The van der Waals surface area contributed by atoms with Gasteiger partial charge in [-0.15, -0.1) is 0 Å². The van der Waals surface area contributed by atoms with E-state index in [1.807, 2.05) is 12.4 Å². The molecule has 4 atom stereocenters. The molecule has 4 heterocycles. The second-order valence-corrected chi connectivity index (χ2v) is 19.3. The smallest absolute Gasteiger partial charge is 0.0780 e. The van der Waals surface area contributed by atoms with Gasteiger partial charge in [-0.05, 0) is 153 Å². The Hall–Kier alpha value is -7.56. The molecule has 0 saturated carbocycles. The molecule has 3 aliphatic rings. The summed E-state index contributed by atoms with van der Waals surface area (Å²) in [6.07, 6.45) is 8.34. The highest BCUT2D eigenvalue weighted by molar-refractivity contribution is 6.16. The summed E-state index contributed by atoms with van der Waals surface area (Å²) in [6.45, 7) is 10.0. The highest BCUT2D eigenvalue weighted by Gasteiger charge is 2.43. The van der Waals surface area contributed by atoms with E-state index in [1.54, 1.807) is 0 Å². The lowest BCUT2D eigenvalue weighted by atomic mass is 9.62. The molecule has 4 unspecified atom stereocenters. The normalized spacial score (nSPS) is 18.6. The summed E-state index contributed by atoms with van der Waals surface area (Å²) < 4.78 is 5.23. The van der Waals surface area contributed by atoms with E-state index in [1.165, 1.54) is 116 Å². The van der Waals surface area contributed by atoms with Crippen LogP contribution in [0.2, 0.25) is 0 Å². The van der Waals surface area contributed by atoms with E-state index < -0.39 is 0 Å². The van der Waals surface area contributed by atoms with Gasteiger partial charge >= 0.3 is 0 Å². The third-order valence-electron chi connectivity index (χ3n) is 16.1. The minimum Gasteiger partial charge on any atom is -0.313 e. The van der Waals surface area contributed by atoms with Crippen LogP contribution in [0, 0.1) is 0 Å². The fourth-order valence-electron chi connectivity index (χ4n) is 12.7. The Labute approximate surface area is 384 Å². The zero-order chi connectivity index (χ0) is 43.9. The number of hydrogen-bond donors (Lipinski definition) is 0. The number of aromatic nitrogens is 4. The fraction of sp³-hybridized carbons (Fsp3) is 0.161. The SMILES string of the molecule is CC1c2cc3c4c(n(-c5ccccc5)c3c3c2-c2c(cc5c6cc(-c7nccc8ccccc78)ccc6n(-c6ccccc6)c5c2C(C)C3C)C1C)CCC(c1nccc2ccccc12)=C4. The van der Waals surface area contributed by atoms with Crippen LogP contribution in [0.5, 0.6) is 0 Å². The third kappa shape index (κ3) is 5.10. The lowest BCUT2D eigenvalue weighted by molar-refractivity contribution is 0.584. The summed E-state index contributed by atoms with van der Waals surface area (Å²) >= 11 is 0. The molecule has 0 bridgehead atoms. The van der Waals surface area contributed by atoms with E-state index in [0.717, 1.165) is 29.8 Å². The van der Waals surface area contributed by atoms with Gasteiger partial charge in [0.2, 0.25) is 0 Å². The van der Waals surface area contributed by atoms with Gasteiger partial charge in [0.05, 0.1) is 27.9 Å². The van der Waals surface area contributed by atoms with Crippen molar-refractivity contribution in [2.24, 2.45) is 0 Å².